The molecule has 2 rings (SSSR count). The number of rotatable bonds is 4. The lowest BCUT2D eigenvalue weighted by molar-refractivity contribution is 0.553. The topological polar surface area (TPSA) is 103 Å². The van der Waals surface area contributed by atoms with Crippen LogP contribution in [0.3, 0.4) is 0 Å². The predicted octanol–water partition coefficient (Wildman–Crippen LogP) is 1.09. The van der Waals surface area contributed by atoms with Gasteiger partial charge in [-0.25, -0.2) is 13.1 Å². The van der Waals surface area contributed by atoms with E-state index in [-0.39, 0.29) is 9.92 Å². The number of hydrogen-bond donors (Lipinski definition) is 2. The number of nitrogens with zero attached hydrogens (tertiary/aromatic N) is 3. The van der Waals surface area contributed by atoms with E-state index in [0.717, 1.165) is 0 Å². The zero-order valence-electron chi connectivity index (χ0n) is 10.9. The van der Waals surface area contributed by atoms with Crippen molar-refractivity contribution < 1.29 is 8.42 Å². The Morgan fingerprint density at radius 3 is 2.75 bits per heavy atom. The number of benzene rings is 1. The molecule has 2 aromatic rings. The number of hydrogen-bond acceptors (Lipinski definition) is 5. The number of aromatic nitrogens is 3. The molecule has 7 nitrogen and oxygen atoms in total. The van der Waals surface area contributed by atoms with Gasteiger partial charge in [0.05, 0.1) is 11.1 Å². The van der Waals surface area contributed by atoms with Gasteiger partial charge in [0.15, 0.2) is 0 Å². The second kappa shape index (κ2) is 5.39. The fourth-order valence-electron chi connectivity index (χ4n) is 1.76. The van der Waals surface area contributed by atoms with Gasteiger partial charge in [-0.15, -0.1) is 10.2 Å². The average molecular weight is 316 g/mol. The first-order valence-electron chi connectivity index (χ1n) is 5.72. The van der Waals surface area contributed by atoms with E-state index in [9.17, 15) is 8.42 Å². The Morgan fingerprint density at radius 1 is 1.45 bits per heavy atom. The van der Waals surface area contributed by atoms with Gasteiger partial charge >= 0.3 is 0 Å². The summed E-state index contributed by atoms with van der Waals surface area (Å²) in [7, 11) is -2.07. The van der Waals surface area contributed by atoms with Crippen LogP contribution in [0.25, 0.3) is 0 Å². The molecule has 0 bridgehead atoms. The lowest BCUT2D eigenvalue weighted by Gasteiger charge is -2.14. The van der Waals surface area contributed by atoms with Crippen LogP contribution in [0.1, 0.15) is 18.8 Å². The summed E-state index contributed by atoms with van der Waals surface area (Å²) < 4.78 is 28.8. The van der Waals surface area contributed by atoms with Crippen molar-refractivity contribution in [2.24, 2.45) is 7.05 Å². The van der Waals surface area contributed by atoms with Crippen LogP contribution in [0.15, 0.2) is 29.4 Å². The zero-order valence-corrected chi connectivity index (χ0v) is 12.5. The van der Waals surface area contributed by atoms with E-state index in [1.807, 2.05) is 0 Å². The first kappa shape index (κ1) is 14.8. The molecule has 20 heavy (non-hydrogen) atoms. The number of nitrogen functional groups attached to an aromatic ring is 1. The summed E-state index contributed by atoms with van der Waals surface area (Å²) in [6.45, 7) is 1.67. The van der Waals surface area contributed by atoms with Gasteiger partial charge in [-0.3, -0.25) is 0 Å². The van der Waals surface area contributed by atoms with Crippen molar-refractivity contribution in [2.45, 2.75) is 17.9 Å². The number of anilines is 1. The van der Waals surface area contributed by atoms with Gasteiger partial charge in [-0.1, -0.05) is 11.6 Å². The maximum absolute atomic E-state index is 12.3. The SMILES string of the molecule is CC(NS(=O)(=O)c1cc(N)ccc1Cl)c1nncn1C. The summed E-state index contributed by atoms with van der Waals surface area (Å²) in [5.74, 6) is 0.494. The second-order valence-electron chi connectivity index (χ2n) is 4.33. The highest BCUT2D eigenvalue weighted by Crippen LogP contribution is 2.25. The fraction of sp³-hybridized carbons (Fsp3) is 0.273. The Hall–Kier alpha value is -1.64. The zero-order chi connectivity index (χ0) is 14.9. The van der Waals surface area contributed by atoms with Gasteiger partial charge in [0.2, 0.25) is 10.0 Å². The molecular weight excluding hydrogens is 302 g/mol. The van der Waals surface area contributed by atoms with Gasteiger partial charge in [-0.05, 0) is 25.1 Å². The monoisotopic (exact) mass is 315 g/mol. The molecule has 0 fully saturated rings. The lowest BCUT2D eigenvalue weighted by Crippen LogP contribution is -2.28. The molecule has 1 heterocycles. The maximum Gasteiger partial charge on any atom is 0.242 e. The molecule has 9 heteroatoms. The molecule has 0 aliphatic heterocycles. The van der Waals surface area contributed by atoms with Crippen LogP contribution in [-0.2, 0) is 17.1 Å². The summed E-state index contributed by atoms with van der Waals surface area (Å²) in [4.78, 5) is -0.0619. The molecule has 0 radical (unpaired) electrons. The Morgan fingerprint density at radius 2 is 2.15 bits per heavy atom. The highest BCUT2D eigenvalue weighted by molar-refractivity contribution is 7.89. The van der Waals surface area contributed by atoms with Gasteiger partial charge in [-0.2, -0.15) is 0 Å². The van der Waals surface area contributed by atoms with Crippen molar-refractivity contribution in [3.63, 3.8) is 0 Å². The number of sulfonamides is 1. The molecule has 1 aromatic carbocycles. The summed E-state index contributed by atoms with van der Waals surface area (Å²) in [5.41, 5.74) is 5.92. The summed E-state index contributed by atoms with van der Waals surface area (Å²) >= 11 is 5.91. The van der Waals surface area contributed by atoms with E-state index in [1.54, 1.807) is 18.5 Å². The summed E-state index contributed by atoms with van der Waals surface area (Å²) in [6, 6.07) is 3.74. The van der Waals surface area contributed by atoms with Crippen LogP contribution in [0.2, 0.25) is 5.02 Å². The molecule has 0 spiro atoms. The summed E-state index contributed by atoms with van der Waals surface area (Å²) in [6.07, 6.45) is 1.49. The van der Waals surface area contributed by atoms with Crippen LogP contribution in [0, 0.1) is 0 Å². The number of aryl methyl sites for hydroxylation is 1. The fourth-order valence-corrected chi connectivity index (χ4v) is 3.50. The predicted molar refractivity (Wildman–Crippen MR) is 75.6 cm³/mol. The van der Waals surface area contributed by atoms with Gasteiger partial charge < -0.3 is 10.3 Å². The third-order valence-corrected chi connectivity index (χ3v) is 4.73. The van der Waals surface area contributed by atoms with Crippen LogP contribution in [0.4, 0.5) is 5.69 Å². The molecule has 1 unspecified atom stereocenters. The minimum atomic E-state index is -3.80. The van der Waals surface area contributed by atoms with Crippen LogP contribution < -0.4 is 10.5 Å². The Balaban J connectivity index is 2.32. The minimum absolute atomic E-state index is 0.0619. The number of nitrogens with two attached hydrogens (primary N) is 1. The van der Waals surface area contributed by atoms with Crippen molar-refractivity contribution in [3.05, 3.63) is 35.4 Å². The van der Waals surface area contributed by atoms with Crippen molar-refractivity contribution in [2.75, 3.05) is 5.73 Å². The average Bonchev–Trinajstić information content (AvgIpc) is 2.78. The minimum Gasteiger partial charge on any atom is -0.399 e. The van der Waals surface area contributed by atoms with E-state index in [4.69, 9.17) is 17.3 Å². The molecule has 0 saturated carbocycles. The van der Waals surface area contributed by atoms with Crippen LogP contribution in [0.5, 0.6) is 0 Å². The second-order valence-corrected chi connectivity index (χ2v) is 6.42. The van der Waals surface area contributed by atoms with Crippen LogP contribution in [-0.4, -0.2) is 23.2 Å². The van der Waals surface area contributed by atoms with E-state index < -0.39 is 16.1 Å². The molecule has 0 aliphatic rings. The Kier molecular flexibility index (Phi) is 3.98. The number of nitrogens with one attached hydrogen (secondary N) is 1. The van der Waals surface area contributed by atoms with Crippen molar-refractivity contribution in [1.82, 2.24) is 19.5 Å². The standard InChI is InChI=1S/C11H14ClN5O2S/c1-7(11-15-14-6-17(11)2)16-20(18,19)10-5-8(13)3-4-9(10)12/h3-7,16H,13H2,1-2H3. The van der Waals surface area contributed by atoms with Crippen molar-refractivity contribution >= 4 is 27.3 Å². The van der Waals surface area contributed by atoms with Gasteiger partial charge in [0.1, 0.15) is 17.0 Å². The molecule has 3 N–H and O–H groups in total. The highest BCUT2D eigenvalue weighted by Gasteiger charge is 2.23. The van der Waals surface area contributed by atoms with Crippen LogP contribution >= 0.6 is 11.6 Å². The van der Waals surface area contributed by atoms with E-state index in [1.165, 1.54) is 24.5 Å². The molecule has 1 aromatic heterocycles. The molecule has 0 aliphatic carbocycles. The normalized spacial score (nSPS) is 13.3. The molecule has 0 amide bonds. The quantitative estimate of drug-likeness (QED) is 0.822. The lowest BCUT2D eigenvalue weighted by atomic mass is 10.3. The van der Waals surface area contributed by atoms with Crippen molar-refractivity contribution in [1.29, 1.82) is 0 Å². The van der Waals surface area contributed by atoms with Gasteiger partial charge in [0.25, 0.3) is 0 Å². The Bertz CT molecular complexity index is 728. The summed E-state index contributed by atoms with van der Waals surface area (Å²) in [5, 5.41) is 7.68. The third kappa shape index (κ3) is 2.92. The van der Waals surface area contributed by atoms with E-state index >= 15 is 0 Å². The first-order valence-corrected chi connectivity index (χ1v) is 7.58. The van der Waals surface area contributed by atoms with Crippen molar-refractivity contribution in [3.8, 4) is 0 Å². The maximum atomic E-state index is 12.3. The third-order valence-electron chi connectivity index (χ3n) is 2.71. The molecule has 108 valence electrons. The molecule has 0 saturated heterocycles. The van der Waals surface area contributed by atoms with Gasteiger partial charge in [0, 0.05) is 12.7 Å². The molecule has 1 atom stereocenters. The molecular formula is C11H14ClN5O2S. The Labute approximate surface area is 121 Å². The van der Waals surface area contributed by atoms with E-state index in [0.29, 0.717) is 11.5 Å². The highest BCUT2D eigenvalue weighted by atomic mass is 35.5. The largest absolute Gasteiger partial charge is 0.399 e. The van der Waals surface area contributed by atoms with E-state index in [2.05, 4.69) is 14.9 Å². The number of halogens is 1. The first-order chi connectivity index (χ1) is 9.31. The smallest absolute Gasteiger partial charge is 0.242 e.